The third-order valence-electron chi connectivity index (χ3n) is 2.68. The van der Waals surface area contributed by atoms with Crippen LogP contribution in [0, 0.1) is 0 Å². The summed E-state index contributed by atoms with van der Waals surface area (Å²) in [7, 11) is 0. The van der Waals surface area contributed by atoms with E-state index in [9.17, 15) is 22.8 Å². The van der Waals surface area contributed by atoms with Gasteiger partial charge in [0.05, 0.1) is 23.2 Å². The summed E-state index contributed by atoms with van der Waals surface area (Å²) in [5.74, 6) is -1.36. The number of alkyl halides is 3. The molecule has 0 aliphatic carbocycles. The van der Waals surface area contributed by atoms with Crippen molar-refractivity contribution in [3.63, 3.8) is 0 Å². The second kappa shape index (κ2) is 6.22. The lowest BCUT2D eigenvalue weighted by molar-refractivity contribution is -0.142. The minimum absolute atomic E-state index is 0.00426. The van der Waals surface area contributed by atoms with Gasteiger partial charge in [0, 0.05) is 5.38 Å². The highest BCUT2D eigenvalue weighted by molar-refractivity contribution is 7.12. The molecule has 2 rings (SSSR count). The highest BCUT2D eigenvalue weighted by Gasteiger charge is 2.34. The number of nitrogens with zero attached hydrogens (tertiary/aromatic N) is 1. The van der Waals surface area contributed by atoms with Gasteiger partial charge in [-0.3, -0.25) is 9.59 Å². The molecule has 0 aliphatic heterocycles. The Bertz CT molecular complexity index is 664. The Morgan fingerprint density at radius 2 is 2.09 bits per heavy atom. The predicted octanol–water partition coefficient (Wildman–Crippen LogP) is 2.64. The van der Waals surface area contributed by atoms with Crippen molar-refractivity contribution in [2.24, 2.45) is 5.73 Å². The molecular weight excluding hydrogens is 321 g/mol. The molecule has 9 heteroatoms. The molecule has 0 fully saturated rings. The predicted molar refractivity (Wildman–Crippen MR) is 72.3 cm³/mol. The average Bonchev–Trinajstić information content (AvgIpc) is 3.06. The van der Waals surface area contributed by atoms with Crippen LogP contribution in [-0.2, 0) is 6.54 Å². The van der Waals surface area contributed by atoms with Crippen molar-refractivity contribution in [2.45, 2.75) is 12.7 Å². The Hall–Kier alpha value is -2.29. The SMILES string of the molecule is NC(=O)c1csc(C(=O)N(Cc2ccco2)CC(F)(F)F)c1. The van der Waals surface area contributed by atoms with Crippen molar-refractivity contribution >= 4 is 23.2 Å². The number of carbonyl (C=O) groups excluding carboxylic acids is 2. The molecule has 0 saturated heterocycles. The summed E-state index contributed by atoms with van der Waals surface area (Å²) in [5.41, 5.74) is 5.14. The largest absolute Gasteiger partial charge is 0.467 e. The van der Waals surface area contributed by atoms with Gasteiger partial charge >= 0.3 is 6.18 Å². The fourth-order valence-electron chi connectivity index (χ4n) is 1.74. The van der Waals surface area contributed by atoms with Gasteiger partial charge in [0.15, 0.2) is 0 Å². The lowest BCUT2D eigenvalue weighted by Crippen LogP contribution is -2.38. The number of thiophene rings is 1. The van der Waals surface area contributed by atoms with Crippen molar-refractivity contribution < 1.29 is 27.2 Å². The molecule has 2 aromatic heterocycles. The van der Waals surface area contributed by atoms with Crippen LogP contribution >= 0.6 is 11.3 Å². The molecule has 0 aromatic carbocycles. The zero-order valence-corrected chi connectivity index (χ0v) is 11.9. The first-order valence-electron chi connectivity index (χ1n) is 6.03. The number of carbonyl (C=O) groups is 2. The summed E-state index contributed by atoms with van der Waals surface area (Å²) in [6.07, 6.45) is -3.24. The first-order valence-corrected chi connectivity index (χ1v) is 6.91. The number of rotatable bonds is 5. The molecule has 0 spiro atoms. The van der Waals surface area contributed by atoms with Crippen LogP contribution in [0.15, 0.2) is 34.3 Å². The summed E-state index contributed by atoms with van der Waals surface area (Å²) in [4.78, 5) is 23.8. The van der Waals surface area contributed by atoms with E-state index in [1.54, 1.807) is 0 Å². The number of hydrogen-bond donors (Lipinski definition) is 1. The van der Waals surface area contributed by atoms with E-state index in [1.807, 2.05) is 0 Å². The summed E-state index contributed by atoms with van der Waals surface area (Å²) < 4.78 is 42.9. The standard InChI is InChI=1S/C13H11F3N2O3S/c14-13(15,16)7-18(5-9-2-1-3-21-9)12(20)10-4-8(6-22-10)11(17)19/h1-4,6H,5,7H2,(H2,17,19). The molecule has 2 N–H and O–H groups in total. The molecule has 2 aromatic rings. The maximum absolute atomic E-state index is 12.6. The fraction of sp³-hybridized carbons (Fsp3) is 0.231. The summed E-state index contributed by atoms with van der Waals surface area (Å²) in [6, 6.07) is 4.17. The molecule has 0 atom stereocenters. The number of halogens is 3. The molecule has 0 radical (unpaired) electrons. The molecule has 2 amide bonds. The second-order valence-corrected chi connectivity index (χ2v) is 5.33. The van der Waals surface area contributed by atoms with Crippen LogP contribution in [-0.4, -0.2) is 29.4 Å². The Labute approximate surface area is 127 Å². The Balaban J connectivity index is 2.22. The van der Waals surface area contributed by atoms with E-state index in [0.717, 1.165) is 11.3 Å². The van der Waals surface area contributed by atoms with Gasteiger partial charge in [-0.15, -0.1) is 11.3 Å². The molecule has 0 unspecified atom stereocenters. The van der Waals surface area contributed by atoms with Gasteiger partial charge in [-0.2, -0.15) is 13.2 Å². The lowest BCUT2D eigenvalue weighted by atomic mass is 10.2. The molecular formula is C13H11F3N2O3S. The third-order valence-corrected chi connectivity index (χ3v) is 3.60. The van der Waals surface area contributed by atoms with Gasteiger partial charge in [0.1, 0.15) is 12.3 Å². The number of amides is 2. The zero-order chi connectivity index (χ0) is 16.3. The number of primary amides is 1. The van der Waals surface area contributed by atoms with Crippen LogP contribution in [0.2, 0.25) is 0 Å². The highest BCUT2D eigenvalue weighted by atomic mass is 32.1. The van der Waals surface area contributed by atoms with E-state index in [2.05, 4.69) is 0 Å². The van der Waals surface area contributed by atoms with E-state index in [4.69, 9.17) is 10.2 Å². The van der Waals surface area contributed by atoms with Crippen LogP contribution in [0.3, 0.4) is 0 Å². The summed E-state index contributed by atoms with van der Waals surface area (Å²) >= 11 is 0.863. The molecule has 5 nitrogen and oxygen atoms in total. The quantitative estimate of drug-likeness (QED) is 0.914. The normalized spacial score (nSPS) is 11.4. The molecule has 118 valence electrons. The van der Waals surface area contributed by atoms with Crippen LogP contribution in [0.5, 0.6) is 0 Å². The molecule has 0 saturated carbocycles. The monoisotopic (exact) mass is 332 g/mol. The number of furan rings is 1. The van der Waals surface area contributed by atoms with Gasteiger partial charge in [-0.25, -0.2) is 0 Å². The minimum atomic E-state index is -4.55. The van der Waals surface area contributed by atoms with Crippen molar-refractivity contribution in [1.82, 2.24) is 4.90 Å². The smallest absolute Gasteiger partial charge is 0.406 e. The van der Waals surface area contributed by atoms with Crippen molar-refractivity contribution in [1.29, 1.82) is 0 Å². The number of hydrogen-bond acceptors (Lipinski definition) is 4. The molecule has 0 aliphatic rings. The van der Waals surface area contributed by atoms with Crippen molar-refractivity contribution in [3.05, 3.63) is 46.0 Å². The van der Waals surface area contributed by atoms with E-state index in [0.29, 0.717) is 4.90 Å². The first-order chi connectivity index (χ1) is 10.3. The summed E-state index contributed by atoms with van der Waals surface area (Å²) in [6.45, 7) is -1.74. The van der Waals surface area contributed by atoms with Crippen LogP contribution < -0.4 is 5.73 Å². The number of nitrogens with two attached hydrogens (primary N) is 1. The molecule has 0 bridgehead atoms. The minimum Gasteiger partial charge on any atom is -0.467 e. The highest BCUT2D eigenvalue weighted by Crippen LogP contribution is 2.23. The van der Waals surface area contributed by atoms with Gasteiger partial charge in [0.25, 0.3) is 5.91 Å². The topological polar surface area (TPSA) is 76.5 Å². The van der Waals surface area contributed by atoms with Crippen LogP contribution in [0.4, 0.5) is 13.2 Å². The zero-order valence-electron chi connectivity index (χ0n) is 11.1. The maximum atomic E-state index is 12.6. The van der Waals surface area contributed by atoms with E-state index >= 15 is 0 Å². The van der Waals surface area contributed by atoms with Crippen molar-refractivity contribution in [2.75, 3.05) is 6.54 Å². The molecule has 22 heavy (non-hydrogen) atoms. The van der Waals surface area contributed by atoms with Gasteiger partial charge in [-0.05, 0) is 18.2 Å². The average molecular weight is 332 g/mol. The van der Waals surface area contributed by atoms with Crippen molar-refractivity contribution in [3.8, 4) is 0 Å². The maximum Gasteiger partial charge on any atom is 0.406 e. The fourth-order valence-corrected chi connectivity index (χ4v) is 2.60. The van der Waals surface area contributed by atoms with E-state index in [1.165, 1.54) is 29.8 Å². The Morgan fingerprint density at radius 1 is 1.36 bits per heavy atom. The first kappa shape index (κ1) is 16.1. The lowest BCUT2D eigenvalue weighted by Gasteiger charge is -2.22. The van der Waals surface area contributed by atoms with Gasteiger partial charge in [0.2, 0.25) is 5.91 Å². The van der Waals surface area contributed by atoms with Crippen LogP contribution in [0.25, 0.3) is 0 Å². The van der Waals surface area contributed by atoms with Gasteiger partial charge in [-0.1, -0.05) is 0 Å². The Morgan fingerprint density at radius 3 is 2.59 bits per heavy atom. The molecule has 2 heterocycles. The van der Waals surface area contributed by atoms with Gasteiger partial charge < -0.3 is 15.1 Å². The Kier molecular flexibility index (Phi) is 4.55. The second-order valence-electron chi connectivity index (χ2n) is 4.42. The third kappa shape index (κ3) is 4.10. The van der Waals surface area contributed by atoms with E-state index in [-0.39, 0.29) is 22.7 Å². The van der Waals surface area contributed by atoms with E-state index < -0.39 is 24.5 Å². The van der Waals surface area contributed by atoms with Crippen LogP contribution in [0.1, 0.15) is 25.8 Å². The summed E-state index contributed by atoms with van der Waals surface area (Å²) in [5, 5.41) is 1.33.